The topological polar surface area (TPSA) is 84.6 Å². The number of rotatable bonds is 4. The molecule has 5 rings (SSSR count). The first-order valence-corrected chi connectivity index (χ1v) is 10.4. The molecule has 152 valence electrons. The zero-order valence-corrected chi connectivity index (χ0v) is 17.1. The van der Waals surface area contributed by atoms with Crippen molar-refractivity contribution >= 4 is 33.5 Å². The lowest BCUT2D eigenvalue weighted by Crippen LogP contribution is -2.33. The van der Waals surface area contributed by atoms with E-state index in [-0.39, 0.29) is 27.5 Å². The van der Waals surface area contributed by atoms with Gasteiger partial charge in [0.2, 0.25) is 4.96 Å². The van der Waals surface area contributed by atoms with Crippen LogP contribution in [-0.4, -0.2) is 27.0 Å². The second kappa shape index (κ2) is 7.41. The Balaban J connectivity index is 1.73. The monoisotopic (exact) mass is 428 g/mol. The van der Waals surface area contributed by atoms with Crippen LogP contribution in [0.3, 0.4) is 0 Å². The number of fused-ring (bicyclic) bond motifs is 2. The molecular formula is C23H16N4O3S. The lowest BCUT2D eigenvalue weighted by atomic mass is 10.1. The standard InChI is InChI=1S/C23H16N4O3S/c1-2-12-26-17-11-7-6-10-15(17)18(21(26)29)19-22(30)27-23(31-19)24-20(28)16(25-27)13-14-8-4-3-5-9-14/h2-11H,1,12-13H2. The Morgan fingerprint density at radius 3 is 2.52 bits per heavy atom. The molecule has 4 aromatic rings. The van der Waals surface area contributed by atoms with E-state index >= 15 is 0 Å². The quantitative estimate of drug-likeness (QED) is 0.461. The first-order chi connectivity index (χ1) is 15.1. The summed E-state index contributed by atoms with van der Waals surface area (Å²) in [6, 6.07) is 16.7. The fourth-order valence-electron chi connectivity index (χ4n) is 3.70. The van der Waals surface area contributed by atoms with Gasteiger partial charge in [-0.2, -0.15) is 14.6 Å². The highest BCUT2D eigenvalue weighted by Gasteiger charge is 2.33. The number of hydrogen-bond donors (Lipinski definition) is 0. The van der Waals surface area contributed by atoms with Gasteiger partial charge >= 0.3 is 0 Å². The van der Waals surface area contributed by atoms with Crippen molar-refractivity contribution in [2.45, 2.75) is 6.42 Å². The molecule has 0 bridgehead atoms. The van der Waals surface area contributed by atoms with Crippen molar-refractivity contribution in [3.05, 3.63) is 109 Å². The minimum atomic E-state index is -0.479. The predicted molar refractivity (Wildman–Crippen MR) is 119 cm³/mol. The normalized spacial score (nSPS) is 14.8. The average molecular weight is 428 g/mol. The van der Waals surface area contributed by atoms with E-state index in [0.717, 1.165) is 27.1 Å². The summed E-state index contributed by atoms with van der Waals surface area (Å²) >= 11 is 1.00. The Bertz CT molecular complexity index is 1520. The van der Waals surface area contributed by atoms with Gasteiger partial charge in [0.05, 0.1) is 11.3 Å². The molecule has 0 saturated heterocycles. The van der Waals surface area contributed by atoms with Crippen molar-refractivity contribution in [1.82, 2.24) is 14.6 Å². The minimum absolute atomic E-state index is 0.168. The Kier molecular flexibility index (Phi) is 4.56. The molecule has 0 N–H and O–H groups in total. The van der Waals surface area contributed by atoms with Crippen LogP contribution in [0.2, 0.25) is 0 Å². The molecule has 0 atom stereocenters. The molecule has 1 aliphatic rings. The third-order valence-corrected chi connectivity index (χ3v) is 6.13. The number of nitrogens with zero attached hydrogens (tertiary/aromatic N) is 4. The molecule has 0 saturated carbocycles. The molecule has 0 unspecified atom stereocenters. The zero-order valence-electron chi connectivity index (χ0n) is 16.3. The lowest BCUT2D eigenvalue weighted by Gasteiger charge is -2.13. The van der Waals surface area contributed by atoms with Gasteiger partial charge in [0.15, 0.2) is 0 Å². The van der Waals surface area contributed by atoms with Gasteiger partial charge in [-0.05, 0) is 11.6 Å². The summed E-state index contributed by atoms with van der Waals surface area (Å²) in [4.78, 5) is 44.7. The number of amides is 1. The van der Waals surface area contributed by atoms with Crippen LogP contribution < -0.4 is 20.6 Å². The highest BCUT2D eigenvalue weighted by atomic mass is 32.1. The van der Waals surface area contributed by atoms with Crippen LogP contribution in [0, 0.1) is 0 Å². The largest absolute Gasteiger partial charge is 0.304 e. The third-order valence-electron chi connectivity index (χ3n) is 5.10. The van der Waals surface area contributed by atoms with Gasteiger partial charge in [0.25, 0.3) is 17.0 Å². The number of anilines is 1. The Labute approximate surface area is 180 Å². The molecule has 8 heteroatoms. The van der Waals surface area contributed by atoms with E-state index in [9.17, 15) is 14.4 Å². The number of hydrogen-bond acceptors (Lipinski definition) is 6. The van der Waals surface area contributed by atoms with E-state index in [1.54, 1.807) is 17.0 Å². The third kappa shape index (κ3) is 3.08. The predicted octanol–water partition coefficient (Wildman–Crippen LogP) is 1.55. The van der Waals surface area contributed by atoms with Crippen LogP contribution in [0.1, 0.15) is 16.8 Å². The average Bonchev–Trinajstić information content (AvgIpc) is 3.23. The van der Waals surface area contributed by atoms with E-state index in [1.165, 1.54) is 0 Å². The Morgan fingerprint density at radius 1 is 1.00 bits per heavy atom. The summed E-state index contributed by atoms with van der Waals surface area (Å²) in [5.74, 6) is -0.280. The molecule has 2 aromatic carbocycles. The van der Waals surface area contributed by atoms with Gasteiger partial charge in [-0.25, -0.2) is 0 Å². The zero-order chi connectivity index (χ0) is 21.5. The molecule has 0 fully saturated rings. The highest BCUT2D eigenvalue weighted by molar-refractivity contribution is 7.15. The second-order valence-electron chi connectivity index (χ2n) is 7.05. The number of carbonyl (C=O) groups excluding carboxylic acids is 1. The number of carbonyl (C=O) groups is 1. The molecule has 0 aliphatic carbocycles. The number of aromatic nitrogens is 3. The fourth-order valence-corrected chi connectivity index (χ4v) is 4.70. The summed E-state index contributed by atoms with van der Waals surface area (Å²) in [6.45, 7) is 4.04. The van der Waals surface area contributed by atoms with Gasteiger partial charge in [-0.1, -0.05) is 65.9 Å². The van der Waals surface area contributed by atoms with Crippen molar-refractivity contribution in [2.75, 3.05) is 11.4 Å². The van der Waals surface area contributed by atoms with Crippen molar-refractivity contribution in [3.8, 4) is 0 Å². The SMILES string of the molecule is C=CCN1C(=O)C(=c2sc3nc(=O)c(Cc4ccccc4)nn3c2=O)c2ccccc21. The van der Waals surface area contributed by atoms with Crippen LogP contribution >= 0.6 is 11.3 Å². The molecule has 7 nitrogen and oxygen atoms in total. The minimum Gasteiger partial charge on any atom is -0.304 e. The maximum absolute atomic E-state index is 13.2. The van der Waals surface area contributed by atoms with Crippen molar-refractivity contribution < 1.29 is 4.79 Å². The van der Waals surface area contributed by atoms with Gasteiger partial charge in [-0.15, -0.1) is 6.58 Å². The Morgan fingerprint density at radius 2 is 1.74 bits per heavy atom. The first-order valence-electron chi connectivity index (χ1n) is 9.61. The van der Waals surface area contributed by atoms with Crippen molar-refractivity contribution in [3.63, 3.8) is 0 Å². The molecule has 3 heterocycles. The number of para-hydroxylation sites is 1. The van der Waals surface area contributed by atoms with Gasteiger partial charge in [0.1, 0.15) is 10.2 Å². The molecule has 0 spiro atoms. The summed E-state index contributed by atoms with van der Waals surface area (Å²) in [5.41, 5.74) is 1.84. The van der Waals surface area contributed by atoms with Gasteiger partial charge in [-0.3, -0.25) is 14.4 Å². The van der Waals surface area contributed by atoms with Crippen molar-refractivity contribution in [2.24, 2.45) is 0 Å². The van der Waals surface area contributed by atoms with Crippen molar-refractivity contribution in [1.29, 1.82) is 0 Å². The highest BCUT2D eigenvalue weighted by Crippen LogP contribution is 2.34. The molecular weight excluding hydrogens is 412 g/mol. The number of thiazole rings is 1. The molecule has 1 amide bonds. The Hall–Kier alpha value is -3.91. The molecule has 0 radical (unpaired) electrons. The number of benzene rings is 2. The van der Waals surface area contributed by atoms with Crippen LogP contribution in [0.4, 0.5) is 5.69 Å². The molecule has 1 aliphatic heterocycles. The molecule has 31 heavy (non-hydrogen) atoms. The van der Waals surface area contributed by atoms with Crippen LogP contribution in [-0.2, 0) is 11.2 Å². The van der Waals surface area contributed by atoms with E-state index in [2.05, 4.69) is 16.7 Å². The van der Waals surface area contributed by atoms with Crippen LogP contribution in [0.15, 0.2) is 76.8 Å². The fraction of sp³-hybridized carbons (Fsp3) is 0.0870. The summed E-state index contributed by atoms with van der Waals surface area (Å²) in [5, 5.41) is 4.28. The summed E-state index contributed by atoms with van der Waals surface area (Å²) in [6.07, 6.45) is 1.91. The van der Waals surface area contributed by atoms with Gasteiger partial charge in [0, 0.05) is 18.5 Å². The second-order valence-corrected chi connectivity index (χ2v) is 8.03. The smallest absolute Gasteiger partial charge is 0.296 e. The van der Waals surface area contributed by atoms with E-state index in [0.29, 0.717) is 17.7 Å². The summed E-state index contributed by atoms with van der Waals surface area (Å²) in [7, 11) is 0. The van der Waals surface area contributed by atoms with E-state index < -0.39 is 11.1 Å². The van der Waals surface area contributed by atoms with Crippen LogP contribution in [0.5, 0.6) is 0 Å². The summed E-state index contributed by atoms with van der Waals surface area (Å²) < 4.78 is 1.35. The maximum Gasteiger partial charge on any atom is 0.296 e. The van der Waals surface area contributed by atoms with Crippen LogP contribution in [0.25, 0.3) is 10.5 Å². The first kappa shape index (κ1) is 19.1. The van der Waals surface area contributed by atoms with E-state index in [4.69, 9.17) is 0 Å². The lowest BCUT2D eigenvalue weighted by molar-refractivity contribution is -0.112. The van der Waals surface area contributed by atoms with E-state index in [1.807, 2.05) is 48.5 Å². The van der Waals surface area contributed by atoms with Gasteiger partial charge < -0.3 is 4.90 Å². The maximum atomic E-state index is 13.2. The molecule has 2 aromatic heterocycles.